The van der Waals surface area contributed by atoms with E-state index in [9.17, 15) is 0 Å². The summed E-state index contributed by atoms with van der Waals surface area (Å²) in [5.74, 6) is 0. The standard InChI is InChI=1S/C15H30N2O/c1-5-13-9-16-15(4,6-2)11-17(13)10-14-8-7-12(3)18-14/h12-14,16H,5-11H2,1-4H3. The molecule has 18 heavy (non-hydrogen) atoms. The SMILES string of the molecule is CCC1CNC(C)(CC)CN1CC1CCC(C)O1. The van der Waals surface area contributed by atoms with Crippen molar-refractivity contribution in [3.05, 3.63) is 0 Å². The zero-order valence-corrected chi connectivity index (χ0v) is 12.5. The van der Waals surface area contributed by atoms with Crippen LogP contribution in [0, 0.1) is 0 Å². The average molecular weight is 254 g/mol. The van der Waals surface area contributed by atoms with Crippen LogP contribution in [0.4, 0.5) is 0 Å². The van der Waals surface area contributed by atoms with Crippen LogP contribution in [0.1, 0.15) is 53.4 Å². The zero-order chi connectivity index (χ0) is 13.2. The van der Waals surface area contributed by atoms with Gasteiger partial charge in [0.15, 0.2) is 0 Å². The molecule has 3 heteroatoms. The highest BCUT2D eigenvalue weighted by Gasteiger charge is 2.35. The Hall–Kier alpha value is -0.120. The van der Waals surface area contributed by atoms with Crippen molar-refractivity contribution in [2.45, 2.75) is 77.2 Å². The summed E-state index contributed by atoms with van der Waals surface area (Å²) in [6.07, 6.45) is 5.84. The minimum atomic E-state index is 0.288. The molecule has 0 bridgehead atoms. The summed E-state index contributed by atoms with van der Waals surface area (Å²) < 4.78 is 6.00. The van der Waals surface area contributed by atoms with Gasteiger partial charge in [-0.1, -0.05) is 13.8 Å². The molecule has 106 valence electrons. The minimum Gasteiger partial charge on any atom is -0.374 e. The molecule has 0 spiro atoms. The third-order valence-electron chi connectivity index (χ3n) is 4.84. The van der Waals surface area contributed by atoms with Crippen molar-refractivity contribution >= 4 is 0 Å². The minimum absolute atomic E-state index is 0.288. The van der Waals surface area contributed by atoms with Crippen LogP contribution in [-0.4, -0.2) is 48.3 Å². The number of hydrogen-bond acceptors (Lipinski definition) is 3. The maximum atomic E-state index is 6.00. The van der Waals surface area contributed by atoms with Crippen molar-refractivity contribution in [1.29, 1.82) is 0 Å². The van der Waals surface area contributed by atoms with Gasteiger partial charge in [-0.25, -0.2) is 0 Å². The van der Waals surface area contributed by atoms with Crippen molar-refractivity contribution in [3.8, 4) is 0 Å². The Bertz CT molecular complexity index is 271. The smallest absolute Gasteiger partial charge is 0.0706 e. The van der Waals surface area contributed by atoms with Gasteiger partial charge in [-0.2, -0.15) is 0 Å². The van der Waals surface area contributed by atoms with E-state index >= 15 is 0 Å². The molecule has 2 heterocycles. The van der Waals surface area contributed by atoms with Crippen molar-refractivity contribution in [2.24, 2.45) is 0 Å². The molecule has 2 saturated heterocycles. The molecule has 2 aliphatic rings. The third-order valence-corrected chi connectivity index (χ3v) is 4.84. The maximum Gasteiger partial charge on any atom is 0.0706 e. The van der Waals surface area contributed by atoms with Gasteiger partial charge in [0.1, 0.15) is 0 Å². The van der Waals surface area contributed by atoms with E-state index in [0.29, 0.717) is 18.2 Å². The van der Waals surface area contributed by atoms with Gasteiger partial charge in [0.25, 0.3) is 0 Å². The maximum absolute atomic E-state index is 6.00. The molecule has 1 N–H and O–H groups in total. The molecule has 2 aliphatic heterocycles. The summed E-state index contributed by atoms with van der Waals surface area (Å²) in [5.41, 5.74) is 0.288. The summed E-state index contributed by atoms with van der Waals surface area (Å²) in [5, 5.41) is 3.73. The number of hydrogen-bond donors (Lipinski definition) is 1. The normalized spacial score (nSPS) is 42.3. The average Bonchev–Trinajstić information content (AvgIpc) is 2.75. The lowest BCUT2D eigenvalue weighted by molar-refractivity contribution is -0.000751. The first-order chi connectivity index (χ1) is 8.56. The quantitative estimate of drug-likeness (QED) is 0.834. The summed E-state index contributed by atoms with van der Waals surface area (Å²) in [4.78, 5) is 2.67. The molecule has 0 aromatic rings. The third kappa shape index (κ3) is 3.25. The van der Waals surface area contributed by atoms with Crippen LogP contribution in [0.3, 0.4) is 0 Å². The molecule has 0 aromatic heterocycles. The van der Waals surface area contributed by atoms with Crippen LogP contribution in [0.15, 0.2) is 0 Å². The highest BCUT2D eigenvalue weighted by Crippen LogP contribution is 2.25. The van der Waals surface area contributed by atoms with E-state index in [1.807, 2.05) is 0 Å². The second-order valence-electron chi connectivity index (χ2n) is 6.43. The van der Waals surface area contributed by atoms with Crippen molar-refractivity contribution in [2.75, 3.05) is 19.6 Å². The van der Waals surface area contributed by atoms with Gasteiger partial charge < -0.3 is 10.1 Å². The van der Waals surface area contributed by atoms with Gasteiger partial charge in [-0.3, -0.25) is 4.90 Å². The largest absolute Gasteiger partial charge is 0.374 e. The molecular weight excluding hydrogens is 224 g/mol. The number of nitrogens with zero attached hydrogens (tertiary/aromatic N) is 1. The second kappa shape index (κ2) is 5.89. The number of piperazine rings is 1. The molecule has 3 nitrogen and oxygen atoms in total. The fourth-order valence-corrected chi connectivity index (χ4v) is 3.26. The Kier molecular flexibility index (Phi) is 4.68. The molecule has 4 atom stereocenters. The molecule has 2 rings (SSSR count). The molecule has 0 saturated carbocycles. The van der Waals surface area contributed by atoms with Crippen LogP contribution in [0.2, 0.25) is 0 Å². The lowest BCUT2D eigenvalue weighted by Gasteiger charge is -2.46. The summed E-state index contributed by atoms with van der Waals surface area (Å²) in [6.45, 7) is 12.5. The van der Waals surface area contributed by atoms with E-state index in [4.69, 9.17) is 4.74 Å². The predicted octanol–water partition coefficient (Wildman–Crippen LogP) is 2.41. The lowest BCUT2D eigenvalue weighted by Crippen LogP contribution is -2.63. The van der Waals surface area contributed by atoms with E-state index in [0.717, 1.165) is 19.6 Å². The highest BCUT2D eigenvalue weighted by atomic mass is 16.5. The number of rotatable bonds is 4. The molecule has 0 aromatic carbocycles. The molecule has 4 unspecified atom stereocenters. The first-order valence-electron chi connectivity index (χ1n) is 7.71. The Labute approximate surface area is 112 Å². The van der Waals surface area contributed by atoms with Gasteiger partial charge in [-0.05, 0) is 39.5 Å². The Morgan fingerprint density at radius 1 is 1.33 bits per heavy atom. The highest BCUT2D eigenvalue weighted by molar-refractivity contribution is 4.95. The Balaban J connectivity index is 1.94. The molecule has 2 fully saturated rings. The van der Waals surface area contributed by atoms with Gasteiger partial charge >= 0.3 is 0 Å². The van der Waals surface area contributed by atoms with Gasteiger partial charge in [0.2, 0.25) is 0 Å². The first kappa shape index (κ1) is 14.3. The topological polar surface area (TPSA) is 24.5 Å². The fraction of sp³-hybridized carbons (Fsp3) is 1.00. The van der Waals surface area contributed by atoms with Crippen LogP contribution in [0.5, 0.6) is 0 Å². The summed E-state index contributed by atoms with van der Waals surface area (Å²) in [6, 6.07) is 0.684. The van der Waals surface area contributed by atoms with Crippen LogP contribution in [0.25, 0.3) is 0 Å². The Morgan fingerprint density at radius 2 is 2.11 bits per heavy atom. The fourth-order valence-electron chi connectivity index (χ4n) is 3.26. The van der Waals surface area contributed by atoms with E-state index < -0.39 is 0 Å². The van der Waals surface area contributed by atoms with Crippen molar-refractivity contribution in [3.63, 3.8) is 0 Å². The molecule has 0 aliphatic carbocycles. The zero-order valence-electron chi connectivity index (χ0n) is 12.5. The van der Waals surface area contributed by atoms with Crippen LogP contribution >= 0.6 is 0 Å². The van der Waals surface area contributed by atoms with E-state index in [1.54, 1.807) is 0 Å². The van der Waals surface area contributed by atoms with Gasteiger partial charge in [0, 0.05) is 31.2 Å². The van der Waals surface area contributed by atoms with Crippen LogP contribution < -0.4 is 5.32 Å². The van der Waals surface area contributed by atoms with E-state index in [-0.39, 0.29) is 5.54 Å². The van der Waals surface area contributed by atoms with Crippen LogP contribution in [-0.2, 0) is 4.74 Å². The Morgan fingerprint density at radius 3 is 2.67 bits per heavy atom. The molecule has 0 amide bonds. The number of ether oxygens (including phenoxy) is 1. The monoisotopic (exact) mass is 254 g/mol. The van der Waals surface area contributed by atoms with Gasteiger partial charge in [-0.15, -0.1) is 0 Å². The lowest BCUT2D eigenvalue weighted by atomic mass is 9.92. The summed E-state index contributed by atoms with van der Waals surface area (Å²) >= 11 is 0. The summed E-state index contributed by atoms with van der Waals surface area (Å²) in [7, 11) is 0. The molecule has 0 radical (unpaired) electrons. The van der Waals surface area contributed by atoms with Gasteiger partial charge in [0.05, 0.1) is 12.2 Å². The first-order valence-corrected chi connectivity index (χ1v) is 7.71. The van der Waals surface area contributed by atoms with E-state index in [1.165, 1.54) is 25.7 Å². The molecular formula is C15H30N2O. The van der Waals surface area contributed by atoms with E-state index in [2.05, 4.69) is 37.9 Å². The van der Waals surface area contributed by atoms with Crippen molar-refractivity contribution in [1.82, 2.24) is 10.2 Å². The number of nitrogens with one attached hydrogen (secondary N) is 1. The van der Waals surface area contributed by atoms with Crippen molar-refractivity contribution < 1.29 is 4.74 Å². The predicted molar refractivity (Wildman–Crippen MR) is 75.9 cm³/mol. The second-order valence-corrected chi connectivity index (χ2v) is 6.43.